The second-order valence-electron chi connectivity index (χ2n) is 6.79. The van der Waals surface area contributed by atoms with E-state index >= 15 is 0 Å². The first-order valence-corrected chi connectivity index (χ1v) is 9.97. The van der Waals surface area contributed by atoms with E-state index in [-0.39, 0.29) is 18.4 Å². The maximum Gasteiger partial charge on any atom is 0.260 e. The number of benzene rings is 2. The highest BCUT2D eigenvalue weighted by Crippen LogP contribution is 2.20. The summed E-state index contributed by atoms with van der Waals surface area (Å²) in [5, 5.41) is 3.79. The summed E-state index contributed by atoms with van der Waals surface area (Å²) in [5.41, 5.74) is 0.447. The highest BCUT2D eigenvalue weighted by Gasteiger charge is 2.23. The van der Waals surface area contributed by atoms with Gasteiger partial charge in [-0.1, -0.05) is 41.4 Å². The van der Waals surface area contributed by atoms with Crippen molar-refractivity contribution in [2.45, 2.75) is 12.8 Å². The third-order valence-corrected chi connectivity index (χ3v) is 5.19. The average molecular weight is 421 g/mol. The Balaban J connectivity index is 1.40. The molecule has 0 bridgehead atoms. The lowest BCUT2D eigenvalue weighted by Gasteiger charge is -2.32. The van der Waals surface area contributed by atoms with Gasteiger partial charge >= 0.3 is 0 Å². The Morgan fingerprint density at radius 2 is 1.68 bits per heavy atom. The number of amides is 2. The van der Waals surface area contributed by atoms with Crippen LogP contribution in [-0.4, -0.2) is 43.0 Å². The van der Waals surface area contributed by atoms with Gasteiger partial charge < -0.3 is 15.0 Å². The zero-order valence-electron chi connectivity index (χ0n) is 15.4. The molecule has 148 valence electrons. The van der Waals surface area contributed by atoms with Crippen LogP contribution in [0.4, 0.5) is 0 Å². The minimum atomic E-state index is -0.195. The maximum absolute atomic E-state index is 12.3. The van der Waals surface area contributed by atoms with Crippen molar-refractivity contribution in [2.75, 3.05) is 26.2 Å². The number of halogens is 2. The van der Waals surface area contributed by atoms with E-state index in [0.29, 0.717) is 46.9 Å². The highest BCUT2D eigenvalue weighted by molar-refractivity contribution is 6.35. The number of ether oxygens (including phenoxy) is 1. The summed E-state index contributed by atoms with van der Waals surface area (Å²) in [7, 11) is 0. The normalized spacial score (nSPS) is 14.6. The number of hydrogen-bond acceptors (Lipinski definition) is 3. The Morgan fingerprint density at radius 3 is 2.32 bits per heavy atom. The first-order chi connectivity index (χ1) is 13.5. The summed E-state index contributed by atoms with van der Waals surface area (Å²) in [6, 6.07) is 14.1. The fraction of sp³-hybridized carbons (Fsp3) is 0.333. The largest absolute Gasteiger partial charge is 0.484 e. The topological polar surface area (TPSA) is 58.6 Å². The molecule has 1 N–H and O–H groups in total. The van der Waals surface area contributed by atoms with Gasteiger partial charge in [0.15, 0.2) is 6.61 Å². The summed E-state index contributed by atoms with van der Waals surface area (Å²) in [6.07, 6.45) is 1.68. The lowest BCUT2D eigenvalue weighted by atomic mass is 9.96. The number of hydrogen-bond donors (Lipinski definition) is 1. The molecule has 1 aliphatic rings. The minimum Gasteiger partial charge on any atom is -0.484 e. The van der Waals surface area contributed by atoms with Crippen molar-refractivity contribution >= 4 is 35.0 Å². The summed E-state index contributed by atoms with van der Waals surface area (Å²) in [5.74, 6) is 0.811. The van der Waals surface area contributed by atoms with Gasteiger partial charge in [0.25, 0.3) is 11.8 Å². The minimum absolute atomic E-state index is 0.0140. The zero-order valence-corrected chi connectivity index (χ0v) is 16.9. The zero-order chi connectivity index (χ0) is 19.9. The molecule has 1 heterocycles. The fourth-order valence-corrected chi connectivity index (χ4v) is 3.69. The Labute approximate surface area is 174 Å². The predicted molar refractivity (Wildman–Crippen MR) is 110 cm³/mol. The van der Waals surface area contributed by atoms with Gasteiger partial charge in [-0.3, -0.25) is 9.59 Å². The quantitative estimate of drug-likeness (QED) is 0.766. The Kier molecular flexibility index (Phi) is 7.18. The summed E-state index contributed by atoms with van der Waals surface area (Å²) >= 11 is 11.9. The molecule has 1 fully saturated rings. The second kappa shape index (κ2) is 9.80. The van der Waals surface area contributed by atoms with E-state index in [2.05, 4.69) is 5.32 Å². The molecule has 0 radical (unpaired) electrons. The number of nitrogens with one attached hydrogen (secondary N) is 1. The molecule has 3 rings (SSSR count). The van der Waals surface area contributed by atoms with Gasteiger partial charge in [0, 0.05) is 35.2 Å². The predicted octanol–water partition coefficient (Wildman–Crippen LogP) is 4.04. The van der Waals surface area contributed by atoms with Gasteiger partial charge in [-0.05, 0) is 49.1 Å². The number of piperidine rings is 1. The molecule has 28 heavy (non-hydrogen) atoms. The SMILES string of the molecule is O=C(NCC1CCN(C(=O)COc2ccccc2)CC1)c1cc(Cl)cc(Cl)c1. The van der Waals surface area contributed by atoms with Gasteiger partial charge in [-0.2, -0.15) is 0 Å². The summed E-state index contributed by atoms with van der Waals surface area (Å²) in [4.78, 5) is 26.4. The molecule has 0 unspecified atom stereocenters. The highest BCUT2D eigenvalue weighted by atomic mass is 35.5. The van der Waals surface area contributed by atoms with Crippen LogP contribution in [0.3, 0.4) is 0 Å². The third kappa shape index (κ3) is 5.88. The van der Waals surface area contributed by atoms with Crippen molar-refractivity contribution in [3.63, 3.8) is 0 Å². The van der Waals surface area contributed by atoms with Crippen LogP contribution >= 0.6 is 23.2 Å². The van der Waals surface area contributed by atoms with E-state index < -0.39 is 0 Å². The van der Waals surface area contributed by atoms with E-state index in [4.69, 9.17) is 27.9 Å². The maximum atomic E-state index is 12.3. The molecular formula is C21H22Cl2N2O3. The van der Waals surface area contributed by atoms with Gasteiger partial charge in [-0.15, -0.1) is 0 Å². The van der Waals surface area contributed by atoms with Crippen molar-refractivity contribution in [1.29, 1.82) is 0 Å². The van der Waals surface area contributed by atoms with E-state index in [1.54, 1.807) is 18.2 Å². The molecule has 1 saturated heterocycles. The summed E-state index contributed by atoms with van der Waals surface area (Å²) in [6.45, 7) is 1.94. The molecule has 1 aliphatic heterocycles. The van der Waals surface area contributed by atoms with Gasteiger partial charge in [-0.25, -0.2) is 0 Å². The van der Waals surface area contributed by atoms with Crippen LogP contribution in [0.2, 0.25) is 10.0 Å². The molecule has 7 heteroatoms. The van der Waals surface area contributed by atoms with Gasteiger partial charge in [0.1, 0.15) is 5.75 Å². The molecule has 2 aromatic carbocycles. The van der Waals surface area contributed by atoms with Crippen molar-refractivity contribution < 1.29 is 14.3 Å². The van der Waals surface area contributed by atoms with Crippen LogP contribution in [0, 0.1) is 5.92 Å². The average Bonchev–Trinajstić information content (AvgIpc) is 2.70. The molecule has 2 amide bonds. The van der Waals surface area contributed by atoms with E-state index in [1.807, 2.05) is 35.2 Å². The number of carbonyl (C=O) groups excluding carboxylic acids is 2. The van der Waals surface area contributed by atoms with E-state index in [9.17, 15) is 9.59 Å². The van der Waals surface area contributed by atoms with Crippen molar-refractivity contribution in [3.05, 3.63) is 64.1 Å². The van der Waals surface area contributed by atoms with Crippen LogP contribution in [0.15, 0.2) is 48.5 Å². The Hall–Kier alpha value is -2.24. The van der Waals surface area contributed by atoms with Crippen LogP contribution in [0.25, 0.3) is 0 Å². The molecule has 5 nitrogen and oxygen atoms in total. The standard InChI is InChI=1S/C21H22Cl2N2O3/c22-17-10-16(11-18(23)12-17)21(27)24-13-15-6-8-25(9-7-15)20(26)14-28-19-4-2-1-3-5-19/h1-5,10-12,15H,6-9,13-14H2,(H,24,27). The van der Waals surface area contributed by atoms with Crippen LogP contribution in [0.5, 0.6) is 5.75 Å². The fourth-order valence-electron chi connectivity index (χ4n) is 3.16. The molecule has 2 aromatic rings. The summed E-state index contributed by atoms with van der Waals surface area (Å²) < 4.78 is 5.53. The van der Waals surface area contributed by atoms with E-state index in [1.165, 1.54) is 0 Å². The molecular weight excluding hydrogens is 399 g/mol. The number of para-hydroxylation sites is 1. The molecule has 0 saturated carbocycles. The number of nitrogens with zero attached hydrogens (tertiary/aromatic N) is 1. The first kappa shape index (κ1) is 20.5. The number of rotatable bonds is 6. The Morgan fingerprint density at radius 1 is 1.04 bits per heavy atom. The van der Waals surface area contributed by atoms with Crippen LogP contribution < -0.4 is 10.1 Å². The number of carbonyl (C=O) groups is 2. The van der Waals surface area contributed by atoms with Crippen molar-refractivity contribution in [1.82, 2.24) is 10.2 Å². The molecule has 0 spiro atoms. The van der Waals surface area contributed by atoms with Crippen LogP contribution in [0.1, 0.15) is 23.2 Å². The Bertz CT molecular complexity index is 801. The lowest BCUT2D eigenvalue weighted by molar-refractivity contribution is -0.134. The number of likely N-dealkylation sites (tertiary alicyclic amines) is 1. The van der Waals surface area contributed by atoms with Crippen molar-refractivity contribution in [3.8, 4) is 5.75 Å². The second-order valence-corrected chi connectivity index (χ2v) is 7.67. The molecule has 0 atom stereocenters. The monoisotopic (exact) mass is 420 g/mol. The van der Waals surface area contributed by atoms with E-state index in [0.717, 1.165) is 12.8 Å². The van der Waals surface area contributed by atoms with Crippen LogP contribution in [-0.2, 0) is 4.79 Å². The van der Waals surface area contributed by atoms with Gasteiger partial charge in [0.05, 0.1) is 0 Å². The third-order valence-electron chi connectivity index (χ3n) is 4.75. The smallest absolute Gasteiger partial charge is 0.260 e. The lowest BCUT2D eigenvalue weighted by Crippen LogP contribution is -2.43. The first-order valence-electron chi connectivity index (χ1n) is 9.21. The molecule has 0 aromatic heterocycles. The van der Waals surface area contributed by atoms with Crippen molar-refractivity contribution in [2.24, 2.45) is 5.92 Å². The molecule has 0 aliphatic carbocycles. The van der Waals surface area contributed by atoms with Gasteiger partial charge in [0.2, 0.25) is 0 Å².